The minimum Gasteiger partial charge on any atom is -0.481 e. The molecular weight excluding hydrogens is 184 g/mol. The largest absolute Gasteiger partial charge is 0.481 e. The van der Waals surface area contributed by atoms with Crippen molar-refractivity contribution >= 4 is 12.0 Å². The maximum atomic E-state index is 11.0. The number of amides is 2. The molecule has 0 aromatic rings. The van der Waals surface area contributed by atoms with Crippen LogP contribution in [0.2, 0.25) is 0 Å². The molecule has 0 aromatic carbocycles. The van der Waals surface area contributed by atoms with E-state index in [2.05, 4.69) is 10.6 Å². The minimum absolute atomic E-state index is 0.189. The summed E-state index contributed by atoms with van der Waals surface area (Å²) in [7, 11) is 0. The molecule has 82 valence electrons. The number of carboxylic acid groups (broad SMARTS) is 1. The fraction of sp³-hybridized carbons (Fsp3) is 0.778. The van der Waals surface area contributed by atoms with Gasteiger partial charge in [-0.3, -0.25) is 4.79 Å². The second kappa shape index (κ2) is 7.17. The van der Waals surface area contributed by atoms with E-state index in [-0.39, 0.29) is 12.6 Å². The first-order valence-corrected chi connectivity index (χ1v) is 4.86. The number of carboxylic acids is 1. The van der Waals surface area contributed by atoms with Crippen molar-refractivity contribution in [3.05, 3.63) is 0 Å². The zero-order chi connectivity index (χ0) is 11.0. The van der Waals surface area contributed by atoms with E-state index >= 15 is 0 Å². The second-order valence-electron chi connectivity index (χ2n) is 3.06. The third-order valence-corrected chi connectivity index (χ3v) is 1.83. The third kappa shape index (κ3) is 5.40. The van der Waals surface area contributed by atoms with Crippen molar-refractivity contribution in [1.82, 2.24) is 10.6 Å². The molecular formula is C9H18N2O3. The van der Waals surface area contributed by atoms with Gasteiger partial charge in [0.1, 0.15) is 0 Å². The van der Waals surface area contributed by atoms with Crippen LogP contribution in [0.3, 0.4) is 0 Å². The lowest BCUT2D eigenvalue weighted by Gasteiger charge is -2.12. The van der Waals surface area contributed by atoms with Crippen LogP contribution in [0.1, 0.15) is 26.7 Å². The topological polar surface area (TPSA) is 78.4 Å². The highest BCUT2D eigenvalue weighted by molar-refractivity contribution is 5.75. The maximum Gasteiger partial charge on any atom is 0.314 e. The highest BCUT2D eigenvalue weighted by atomic mass is 16.4. The van der Waals surface area contributed by atoms with Crippen LogP contribution < -0.4 is 10.6 Å². The molecule has 0 saturated carbocycles. The fourth-order valence-corrected chi connectivity index (χ4v) is 1.10. The molecule has 5 heteroatoms. The molecule has 0 spiro atoms. The molecule has 0 aliphatic heterocycles. The van der Waals surface area contributed by atoms with Gasteiger partial charge in [-0.25, -0.2) is 4.79 Å². The molecule has 1 atom stereocenters. The average Bonchev–Trinajstić information content (AvgIpc) is 2.12. The van der Waals surface area contributed by atoms with Crippen molar-refractivity contribution in [1.29, 1.82) is 0 Å². The molecule has 2 amide bonds. The van der Waals surface area contributed by atoms with Crippen LogP contribution in [-0.4, -0.2) is 30.2 Å². The van der Waals surface area contributed by atoms with Gasteiger partial charge in [-0.15, -0.1) is 0 Å². The van der Waals surface area contributed by atoms with Crippen LogP contribution in [0, 0.1) is 5.92 Å². The molecule has 0 rings (SSSR count). The lowest BCUT2D eigenvalue weighted by Crippen LogP contribution is -2.39. The van der Waals surface area contributed by atoms with Crippen LogP contribution in [0.5, 0.6) is 0 Å². The van der Waals surface area contributed by atoms with Crippen LogP contribution in [0.25, 0.3) is 0 Å². The second-order valence-corrected chi connectivity index (χ2v) is 3.06. The van der Waals surface area contributed by atoms with E-state index in [0.29, 0.717) is 13.0 Å². The lowest BCUT2D eigenvalue weighted by molar-refractivity contribution is -0.141. The van der Waals surface area contributed by atoms with Gasteiger partial charge >= 0.3 is 12.0 Å². The number of hydrogen-bond donors (Lipinski definition) is 3. The standard InChI is InChI=1S/C9H18N2O3/c1-3-5-7(8(12)13)6-11-9(14)10-4-2/h7H,3-6H2,1-2H3,(H,12,13)(H2,10,11,14). The maximum absolute atomic E-state index is 11.0. The summed E-state index contributed by atoms with van der Waals surface area (Å²) in [5, 5.41) is 13.8. The molecule has 0 aliphatic rings. The Bertz CT molecular complexity index is 194. The zero-order valence-electron chi connectivity index (χ0n) is 8.67. The van der Waals surface area contributed by atoms with Crippen LogP contribution in [-0.2, 0) is 4.79 Å². The molecule has 0 heterocycles. The monoisotopic (exact) mass is 202 g/mol. The molecule has 5 nitrogen and oxygen atoms in total. The van der Waals surface area contributed by atoms with Crippen LogP contribution in [0.4, 0.5) is 4.79 Å². The Kier molecular flexibility index (Phi) is 6.53. The predicted molar refractivity (Wildman–Crippen MR) is 53.1 cm³/mol. The summed E-state index contributed by atoms with van der Waals surface area (Å²) in [6.07, 6.45) is 1.38. The minimum atomic E-state index is -0.858. The Hall–Kier alpha value is -1.26. The SMILES string of the molecule is CCCC(CNC(=O)NCC)C(=O)O. The number of aliphatic carboxylic acids is 1. The molecule has 3 N–H and O–H groups in total. The Labute approximate surface area is 83.9 Å². The quantitative estimate of drug-likeness (QED) is 0.596. The summed E-state index contributed by atoms with van der Waals surface area (Å²) in [4.78, 5) is 21.6. The summed E-state index contributed by atoms with van der Waals surface area (Å²) in [6.45, 7) is 4.45. The zero-order valence-corrected chi connectivity index (χ0v) is 8.67. The first-order chi connectivity index (χ1) is 6.61. The normalized spacial score (nSPS) is 11.9. The van der Waals surface area contributed by atoms with Gasteiger partial charge in [0.15, 0.2) is 0 Å². The number of urea groups is 1. The number of hydrogen-bond acceptors (Lipinski definition) is 2. The summed E-state index contributed by atoms with van der Waals surface area (Å²) >= 11 is 0. The first kappa shape index (κ1) is 12.7. The van der Waals surface area contributed by atoms with E-state index in [1.165, 1.54) is 0 Å². The predicted octanol–water partition coefficient (Wildman–Crippen LogP) is 0.806. The van der Waals surface area contributed by atoms with Crippen LogP contribution >= 0.6 is 0 Å². The van der Waals surface area contributed by atoms with Crippen LogP contribution in [0.15, 0.2) is 0 Å². The smallest absolute Gasteiger partial charge is 0.314 e. The molecule has 1 unspecified atom stereocenters. The molecule has 0 fully saturated rings. The average molecular weight is 202 g/mol. The summed E-state index contributed by atoms with van der Waals surface area (Å²) in [5.74, 6) is -1.34. The highest BCUT2D eigenvalue weighted by Crippen LogP contribution is 2.04. The molecule has 0 bridgehead atoms. The third-order valence-electron chi connectivity index (χ3n) is 1.83. The Morgan fingerprint density at radius 1 is 1.29 bits per heavy atom. The van der Waals surface area contributed by atoms with E-state index in [1.54, 1.807) is 6.92 Å². The molecule has 14 heavy (non-hydrogen) atoms. The van der Waals surface area contributed by atoms with Gasteiger partial charge < -0.3 is 15.7 Å². The molecule has 0 aliphatic carbocycles. The Morgan fingerprint density at radius 3 is 2.36 bits per heavy atom. The van der Waals surface area contributed by atoms with E-state index in [4.69, 9.17) is 5.11 Å². The Morgan fingerprint density at radius 2 is 1.93 bits per heavy atom. The van der Waals surface area contributed by atoms with Crippen molar-refractivity contribution in [2.24, 2.45) is 5.92 Å². The van der Waals surface area contributed by atoms with Crippen molar-refractivity contribution < 1.29 is 14.7 Å². The number of rotatable bonds is 6. The number of nitrogens with one attached hydrogen (secondary N) is 2. The van der Waals surface area contributed by atoms with Gasteiger partial charge in [0.05, 0.1) is 5.92 Å². The summed E-state index contributed by atoms with van der Waals surface area (Å²) < 4.78 is 0. The van der Waals surface area contributed by atoms with Crippen molar-refractivity contribution in [3.63, 3.8) is 0 Å². The van der Waals surface area contributed by atoms with Gasteiger partial charge in [-0.1, -0.05) is 13.3 Å². The van der Waals surface area contributed by atoms with E-state index in [1.807, 2.05) is 6.92 Å². The molecule has 0 aromatic heterocycles. The van der Waals surface area contributed by atoms with Gasteiger partial charge in [0.25, 0.3) is 0 Å². The fourth-order valence-electron chi connectivity index (χ4n) is 1.10. The number of carbonyl (C=O) groups excluding carboxylic acids is 1. The van der Waals surface area contributed by atoms with Gasteiger partial charge in [0.2, 0.25) is 0 Å². The first-order valence-electron chi connectivity index (χ1n) is 4.86. The van der Waals surface area contributed by atoms with Crippen molar-refractivity contribution in [3.8, 4) is 0 Å². The Balaban J connectivity index is 3.81. The molecule has 0 radical (unpaired) electrons. The van der Waals surface area contributed by atoms with E-state index in [0.717, 1.165) is 6.42 Å². The van der Waals surface area contributed by atoms with Crippen molar-refractivity contribution in [2.75, 3.05) is 13.1 Å². The van der Waals surface area contributed by atoms with Gasteiger partial charge in [-0.2, -0.15) is 0 Å². The summed E-state index contributed by atoms with van der Waals surface area (Å²) in [5.41, 5.74) is 0. The lowest BCUT2D eigenvalue weighted by atomic mass is 10.0. The van der Waals surface area contributed by atoms with Gasteiger partial charge in [0, 0.05) is 13.1 Å². The van der Waals surface area contributed by atoms with E-state index in [9.17, 15) is 9.59 Å². The van der Waals surface area contributed by atoms with Gasteiger partial charge in [-0.05, 0) is 13.3 Å². The highest BCUT2D eigenvalue weighted by Gasteiger charge is 2.16. The summed E-state index contributed by atoms with van der Waals surface area (Å²) in [6, 6.07) is -0.310. The number of carbonyl (C=O) groups is 2. The molecule has 0 saturated heterocycles. The van der Waals surface area contributed by atoms with E-state index < -0.39 is 11.9 Å². The van der Waals surface area contributed by atoms with Crippen molar-refractivity contribution in [2.45, 2.75) is 26.7 Å².